The molecule has 0 aliphatic carbocycles. The molecule has 5 rings (SSSR count). The van der Waals surface area contributed by atoms with Crippen molar-refractivity contribution in [3.05, 3.63) is 118 Å². The van der Waals surface area contributed by atoms with Crippen LogP contribution < -0.4 is 11.1 Å². The molecule has 0 radical (unpaired) electrons. The summed E-state index contributed by atoms with van der Waals surface area (Å²) in [5, 5.41) is 13.1. The topological polar surface area (TPSA) is 105 Å². The van der Waals surface area contributed by atoms with Gasteiger partial charge in [0, 0.05) is 22.4 Å². The number of hydrogen-bond donors (Lipinski definition) is 2. The maximum Gasteiger partial charge on any atom is 0.245 e. The Hall–Kier alpha value is -4.63. The zero-order valence-corrected chi connectivity index (χ0v) is 18.7. The van der Waals surface area contributed by atoms with E-state index in [1.165, 1.54) is 0 Å². The van der Waals surface area contributed by atoms with Crippen LogP contribution >= 0.6 is 0 Å². The number of amides is 1. The molecule has 1 atom stereocenters. The summed E-state index contributed by atoms with van der Waals surface area (Å²) >= 11 is 0. The van der Waals surface area contributed by atoms with Gasteiger partial charge in [-0.2, -0.15) is 5.26 Å². The van der Waals surface area contributed by atoms with E-state index in [0.717, 1.165) is 11.1 Å². The maximum absolute atomic E-state index is 14.1. The molecule has 6 heteroatoms. The van der Waals surface area contributed by atoms with Crippen LogP contribution in [0, 0.1) is 25.2 Å². The maximum atomic E-state index is 14.1. The highest BCUT2D eigenvalue weighted by Gasteiger charge is 2.60. The predicted molar refractivity (Wildman–Crippen MR) is 128 cm³/mol. The van der Waals surface area contributed by atoms with Gasteiger partial charge >= 0.3 is 0 Å². The molecule has 0 saturated carbocycles. The van der Waals surface area contributed by atoms with Crippen LogP contribution in [0.3, 0.4) is 0 Å². The monoisotopic (exact) mass is 447 g/mol. The number of benzene rings is 3. The molecule has 0 bridgehead atoms. The minimum absolute atomic E-state index is 0.0666. The van der Waals surface area contributed by atoms with E-state index in [4.69, 9.17) is 10.5 Å². The highest BCUT2D eigenvalue weighted by atomic mass is 16.5. The normalized spacial score (nSPS) is 18.9. The van der Waals surface area contributed by atoms with Crippen LogP contribution in [0.25, 0.3) is 5.76 Å². The Morgan fingerprint density at radius 1 is 1.03 bits per heavy atom. The number of carbonyl (C=O) groups excluding carboxylic acids is 2. The summed E-state index contributed by atoms with van der Waals surface area (Å²) in [6, 6.07) is 23.5. The van der Waals surface area contributed by atoms with Crippen molar-refractivity contribution in [2.75, 3.05) is 5.32 Å². The molecule has 3 N–H and O–H groups in total. The summed E-state index contributed by atoms with van der Waals surface area (Å²) in [4.78, 5) is 28.1. The zero-order valence-electron chi connectivity index (χ0n) is 18.7. The lowest BCUT2D eigenvalue weighted by molar-refractivity contribution is -0.118. The van der Waals surface area contributed by atoms with Crippen molar-refractivity contribution in [3.63, 3.8) is 0 Å². The highest BCUT2D eigenvalue weighted by Crippen LogP contribution is 2.54. The van der Waals surface area contributed by atoms with E-state index in [-0.39, 0.29) is 22.8 Å². The molecule has 1 unspecified atom stereocenters. The minimum Gasteiger partial charge on any atom is -0.439 e. The van der Waals surface area contributed by atoms with Gasteiger partial charge in [0.15, 0.2) is 5.78 Å². The Kier molecular flexibility index (Phi) is 4.84. The molecule has 1 spiro atoms. The van der Waals surface area contributed by atoms with E-state index >= 15 is 0 Å². The van der Waals surface area contributed by atoms with E-state index in [0.29, 0.717) is 22.4 Å². The van der Waals surface area contributed by atoms with Gasteiger partial charge in [-0.05, 0) is 19.4 Å². The molecule has 2 aliphatic heterocycles. The number of anilines is 1. The van der Waals surface area contributed by atoms with Crippen molar-refractivity contribution >= 4 is 23.1 Å². The van der Waals surface area contributed by atoms with Gasteiger partial charge in [-0.15, -0.1) is 0 Å². The van der Waals surface area contributed by atoms with Gasteiger partial charge in [0.05, 0.1) is 5.57 Å². The zero-order chi connectivity index (χ0) is 24.0. The SMILES string of the molecule is Cc1cc(C)c2c(c1)C1(C(=O)N2)C(C#N)=C(N)OC(c2ccccc2)=C1C(=O)c1ccccc1. The Morgan fingerprint density at radius 3 is 2.32 bits per heavy atom. The second kappa shape index (κ2) is 7.75. The van der Waals surface area contributed by atoms with Crippen LogP contribution in [0.4, 0.5) is 5.69 Å². The highest BCUT2D eigenvalue weighted by molar-refractivity contribution is 6.25. The van der Waals surface area contributed by atoms with Crippen molar-refractivity contribution in [2.24, 2.45) is 5.73 Å². The third-order valence-corrected chi connectivity index (χ3v) is 6.31. The van der Waals surface area contributed by atoms with Gasteiger partial charge in [0.1, 0.15) is 22.8 Å². The molecular formula is C28H21N3O3. The molecular weight excluding hydrogens is 426 g/mol. The first-order valence-corrected chi connectivity index (χ1v) is 10.8. The predicted octanol–water partition coefficient (Wildman–Crippen LogP) is 4.51. The van der Waals surface area contributed by atoms with Crippen molar-refractivity contribution in [1.82, 2.24) is 0 Å². The lowest BCUT2D eigenvalue weighted by Gasteiger charge is -2.35. The first-order chi connectivity index (χ1) is 16.4. The number of nitriles is 1. The van der Waals surface area contributed by atoms with Crippen LogP contribution in [-0.4, -0.2) is 11.7 Å². The molecule has 166 valence electrons. The first-order valence-electron chi connectivity index (χ1n) is 10.8. The van der Waals surface area contributed by atoms with Crippen LogP contribution in [0.2, 0.25) is 0 Å². The number of hydrogen-bond acceptors (Lipinski definition) is 5. The lowest BCUT2D eigenvalue weighted by Crippen LogP contribution is -2.45. The fourth-order valence-electron chi connectivity index (χ4n) is 4.89. The molecule has 0 aromatic heterocycles. The molecule has 0 saturated heterocycles. The fourth-order valence-corrected chi connectivity index (χ4v) is 4.89. The number of carbonyl (C=O) groups is 2. The number of nitrogens with one attached hydrogen (secondary N) is 1. The van der Waals surface area contributed by atoms with Crippen molar-refractivity contribution in [2.45, 2.75) is 19.3 Å². The number of rotatable bonds is 3. The molecule has 6 nitrogen and oxygen atoms in total. The summed E-state index contributed by atoms with van der Waals surface area (Å²) in [6.45, 7) is 3.78. The van der Waals surface area contributed by atoms with Crippen LogP contribution in [-0.2, 0) is 14.9 Å². The van der Waals surface area contributed by atoms with E-state index in [2.05, 4.69) is 11.4 Å². The second-order valence-electron chi connectivity index (χ2n) is 8.43. The Morgan fingerprint density at radius 2 is 1.68 bits per heavy atom. The summed E-state index contributed by atoms with van der Waals surface area (Å²) in [7, 11) is 0. The average molecular weight is 447 g/mol. The first kappa shape index (κ1) is 21.2. The average Bonchev–Trinajstić information content (AvgIpc) is 3.12. The van der Waals surface area contributed by atoms with Gasteiger partial charge in [-0.1, -0.05) is 78.4 Å². The Balaban J connectivity index is 1.95. The Labute approximate surface area is 197 Å². The second-order valence-corrected chi connectivity index (χ2v) is 8.43. The standard InChI is InChI=1S/C28H21N3O3/c1-16-13-17(2)23-20(14-16)28(27(33)31-23)21(15-29)26(30)34-25(19-11-7-4-8-12-19)22(28)24(32)18-9-5-3-6-10-18/h3-14H,30H2,1-2H3,(H,31,33). The van der Waals surface area contributed by atoms with Crippen molar-refractivity contribution < 1.29 is 14.3 Å². The van der Waals surface area contributed by atoms with Crippen molar-refractivity contribution in [1.29, 1.82) is 5.26 Å². The van der Waals surface area contributed by atoms with Crippen LogP contribution in [0.1, 0.15) is 32.6 Å². The molecule has 3 aromatic carbocycles. The van der Waals surface area contributed by atoms with Gasteiger partial charge in [-0.25, -0.2) is 0 Å². The smallest absolute Gasteiger partial charge is 0.245 e. The van der Waals surface area contributed by atoms with E-state index in [1.54, 1.807) is 54.6 Å². The lowest BCUT2D eigenvalue weighted by atomic mass is 9.65. The quantitative estimate of drug-likeness (QED) is 0.575. The summed E-state index contributed by atoms with van der Waals surface area (Å²) in [6.07, 6.45) is 0. The Bertz CT molecular complexity index is 1460. The molecule has 2 aliphatic rings. The van der Waals surface area contributed by atoms with Crippen molar-refractivity contribution in [3.8, 4) is 6.07 Å². The molecule has 0 fully saturated rings. The summed E-state index contributed by atoms with van der Waals surface area (Å²) in [5.74, 6) is -0.963. The number of ether oxygens (including phenoxy) is 1. The van der Waals surface area contributed by atoms with Gasteiger partial charge < -0.3 is 15.8 Å². The molecule has 34 heavy (non-hydrogen) atoms. The number of nitrogens with zero attached hydrogens (tertiary/aromatic N) is 1. The largest absolute Gasteiger partial charge is 0.439 e. The third kappa shape index (κ3) is 2.87. The van der Waals surface area contributed by atoms with E-state index < -0.39 is 17.1 Å². The minimum atomic E-state index is -1.75. The number of aryl methyl sites for hydroxylation is 2. The van der Waals surface area contributed by atoms with E-state index in [9.17, 15) is 14.9 Å². The van der Waals surface area contributed by atoms with Gasteiger partial charge in [-0.3, -0.25) is 9.59 Å². The fraction of sp³-hybridized carbons (Fsp3) is 0.107. The number of Topliss-reactive ketones (excluding diaryl/α,β-unsaturated/α-hetero) is 1. The third-order valence-electron chi connectivity index (χ3n) is 6.31. The van der Waals surface area contributed by atoms with Gasteiger partial charge in [0.25, 0.3) is 0 Å². The summed E-state index contributed by atoms with van der Waals surface area (Å²) < 4.78 is 5.96. The molecule has 1 amide bonds. The van der Waals surface area contributed by atoms with Crippen LogP contribution in [0.5, 0.6) is 0 Å². The number of ketones is 1. The number of fused-ring (bicyclic) bond motifs is 2. The molecule has 3 aromatic rings. The molecule has 2 heterocycles. The van der Waals surface area contributed by atoms with E-state index in [1.807, 2.05) is 32.0 Å². The summed E-state index contributed by atoms with van der Waals surface area (Å²) in [5.41, 5.74) is 8.25. The number of nitrogens with two attached hydrogens (primary N) is 1. The van der Waals surface area contributed by atoms with Gasteiger partial charge in [0.2, 0.25) is 11.8 Å². The van der Waals surface area contributed by atoms with Crippen LogP contribution in [0.15, 0.2) is 89.8 Å².